The molecular weight excluding hydrogens is 384 g/mol. The van der Waals surface area contributed by atoms with Gasteiger partial charge in [0.25, 0.3) is 10.0 Å². The molecule has 0 bridgehead atoms. The van der Waals surface area contributed by atoms with Crippen molar-refractivity contribution in [2.24, 2.45) is 5.92 Å². The zero-order valence-electron chi connectivity index (χ0n) is 13.9. The van der Waals surface area contributed by atoms with E-state index in [1.54, 1.807) is 12.1 Å². The first-order valence-corrected chi connectivity index (χ1v) is 11.2. The zero-order chi connectivity index (χ0) is 17.9. The van der Waals surface area contributed by atoms with E-state index in [0.29, 0.717) is 43.2 Å². The number of carbonyl (C=O) groups excluding carboxylic acids is 1. The van der Waals surface area contributed by atoms with Crippen LogP contribution in [0.2, 0.25) is 4.34 Å². The molecule has 1 amide bonds. The summed E-state index contributed by atoms with van der Waals surface area (Å²) in [6.07, 6.45) is 4.06. The van der Waals surface area contributed by atoms with Crippen LogP contribution in [0.25, 0.3) is 0 Å². The number of rotatable bonds is 6. The second kappa shape index (κ2) is 8.35. The number of ether oxygens (including phenoxy) is 1. The molecule has 9 heteroatoms. The van der Waals surface area contributed by atoms with Crippen LogP contribution >= 0.6 is 22.9 Å². The normalized spacial score (nSPS) is 23.0. The van der Waals surface area contributed by atoms with Crippen LogP contribution in [0.15, 0.2) is 16.3 Å². The first-order chi connectivity index (χ1) is 11.9. The maximum Gasteiger partial charge on any atom is 0.252 e. The van der Waals surface area contributed by atoms with Gasteiger partial charge < -0.3 is 10.1 Å². The summed E-state index contributed by atoms with van der Waals surface area (Å²) in [5.41, 5.74) is 0. The van der Waals surface area contributed by atoms with Crippen LogP contribution in [-0.4, -0.2) is 51.0 Å². The summed E-state index contributed by atoms with van der Waals surface area (Å²) in [4.78, 5) is 12.1. The van der Waals surface area contributed by atoms with Crippen molar-refractivity contribution in [3.05, 3.63) is 16.5 Å². The maximum absolute atomic E-state index is 12.6. The number of hydrogen-bond acceptors (Lipinski definition) is 5. The Labute approximate surface area is 157 Å². The third kappa shape index (κ3) is 4.95. The van der Waals surface area contributed by atoms with Crippen LogP contribution in [0.4, 0.5) is 0 Å². The number of sulfonamides is 1. The molecule has 1 atom stereocenters. The van der Waals surface area contributed by atoms with Gasteiger partial charge in [-0.1, -0.05) is 11.6 Å². The number of halogens is 1. The molecule has 3 rings (SSSR count). The highest BCUT2D eigenvalue weighted by molar-refractivity contribution is 7.91. The van der Waals surface area contributed by atoms with Crippen molar-refractivity contribution in [1.82, 2.24) is 9.62 Å². The first-order valence-electron chi connectivity index (χ1n) is 8.59. The van der Waals surface area contributed by atoms with Gasteiger partial charge in [0.1, 0.15) is 4.21 Å². The highest BCUT2D eigenvalue weighted by Gasteiger charge is 2.31. The lowest BCUT2D eigenvalue weighted by Gasteiger charge is -2.30. The molecule has 1 aromatic heterocycles. The molecule has 6 nitrogen and oxygen atoms in total. The average Bonchev–Trinajstić information content (AvgIpc) is 3.25. The van der Waals surface area contributed by atoms with Gasteiger partial charge in [0.15, 0.2) is 0 Å². The van der Waals surface area contributed by atoms with E-state index in [0.717, 1.165) is 30.8 Å². The number of thiophene rings is 1. The minimum atomic E-state index is -3.46. The Bertz CT molecular complexity index is 693. The highest BCUT2D eigenvalue weighted by atomic mass is 35.5. The van der Waals surface area contributed by atoms with E-state index in [1.807, 2.05) is 0 Å². The molecule has 0 aromatic carbocycles. The summed E-state index contributed by atoms with van der Waals surface area (Å²) in [6.45, 7) is 2.25. The van der Waals surface area contributed by atoms with Gasteiger partial charge in [-0.2, -0.15) is 4.31 Å². The van der Waals surface area contributed by atoms with Crippen LogP contribution in [0.5, 0.6) is 0 Å². The summed E-state index contributed by atoms with van der Waals surface area (Å²) in [6, 6.07) is 3.15. The SMILES string of the molecule is O=C(CC1CCN(S(=O)(=O)c2ccc(Cl)s2)CC1)NCC1CCCO1. The number of nitrogens with zero attached hydrogens (tertiary/aromatic N) is 1. The first kappa shape index (κ1) is 19.1. The molecule has 1 N–H and O–H groups in total. The highest BCUT2D eigenvalue weighted by Crippen LogP contribution is 2.31. The van der Waals surface area contributed by atoms with Crippen molar-refractivity contribution in [3.8, 4) is 0 Å². The zero-order valence-corrected chi connectivity index (χ0v) is 16.3. The number of amides is 1. The Morgan fingerprint density at radius 1 is 1.32 bits per heavy atom. The smallest absolute Gasteiger partial charge is 0.252 e. The minimum absolute atomic E-state index is 0.0295. The number of nitrogens with one attached hydrogen (secondary N) is 1. The summed E-state index contributed by atoms with van der Waals surface area (Å²) >= 11 is 6.92. The summed E-state index contributed by atoms with van der Waals surface area (Å²) < 4.78 is 32.9. The predicted octanol–water partition coefficient (Wildman–Crippen LogP) is 2.49. The van der Waals surface area contributed by atoms with Crippen molar-refractivity contribution in [3.63, 3.8) is 0 Å². The van der Waals surface area contributed by atoms with Crippen LogP contribution in [0.1, 0.15) is 32.1 Å². The van der Waals surface area contributed by atoms with Gasteiger partial charge in [-0.25, -0.2) is 8.42 Å². The van der Waals surface area contributed by atoms with Crippen LogP contribution < -0.4 is 5.32 Å². The second-order valence-corrected chi connectivity index (χ2v) is 10.4. The molecule has 0 spiro atoms. The molecule has 2 fully saturated rings. The third-order valence-corrected chi connectivity index (χ3v) is 8.34. The lowest BCUT2D eigenvalue weighted by molar-refractivity contribution is -0.122. The fourth-order valence-electron chi connectivity index (χ4n) is 3.28. The van der Waals surface area contributed by atoms with Gasteiger partial charge in [0, 0.05) is 32.7 Å². The van der Waals surface area contributed by atoms with Crippen LogP contribution in [0.3, 0.4) is 0 Å². The van der Waals surface area contributed by atoms with E-state index in [1.165, 1.54) is 4.31 Å². The molecule has 3 heterocycles. The Kier molecular flexibility index (Phi) is 6.38. The number of piperidine rings is 1. The van der Waals surface area contributed by atoms with E-state index in [-0.39, 0.29) is 22.1 Å². The van der Waals surface area contributed by atoms with Crippen molar-refractivity contribution < 1.29 is 17.9 Å². The molecule has 0 aliphatic carbocycles. The van der Waals surface area contributed by atoms with E-state index < -0.39 is 10.0 Å². The van der Waals surface area contributed by atoms with E-state index >= 15 is 0 Å². The quantitative estimate of drug-likeness (QED) is 0.787. The molecule has 2 aliphatic heterocycles. The predicted molar refractivity (Wildman–Crippen MR) is 97.4 cm³/mol. The van der Waals surface area contributed by atoms with Crippen LogP contribution in [-0.2, 0) is 19.6 Å². The molecule has 2 saturated heterocycles. The second-order valence-electron chi connectivity index (χ2n) is 6.55. The fraction of sp³-hybridized carbons (Fsp3) is 0.688. The molecule has 0 saturated carbocycles. The van der Waals surface area contributed by atoms with Gasteiger partial charge in [-0.15, -0.1) is 11.3 Å². The Balaban J connectivity index is 1.44. The number of hydrogen-bond donors (Lipinski definition) is 1. The largest absolute Gasteiger partial charge is 0.376 e. The Hall–Kier alpha value is -0.670. The lowest BCUT2D eigenvalue weighted by atomic mass is 9.94. The minimum Gasteiger partial charge on any atom is -0.376 e. The Morgan fingerprint density at radius 2 is 2.08 bits per heavy atom. The third-order valence-electron chi connectivity index (χ3n) is 4.74. The summed E-state index contributed by atoms with van der Waals surface area (Å²) in [5, 5.41) is 2.93. The van der Waals surface area contributed by atoms with Gasteiger partial charge in [-0.3, -0.25) is 4.79 Å². The lowest BCUT2D eigenvalue weighted by Crippen LogP contribution is -2.40. The van der Waals surface area contributed by atoms with E-state index in [2.05, 4.69) is 5.32 Å². The fourth-order valence-corrected chi connectivity index (χ4v) is 6.39. The molecule has 0 radical (unpaired) electrons. The average molecular weight is 407 g/mol. The molecular formula is C16H23ClN2O4S2. The van der Waals surface area contributed by atoms with Crippen molar-refractivity contribution in [1.29, 1.82) is 0 Å². The number of carbonyl (C=O) groups is 1. The van der Waals surface area contributed by atoms with Crippen molar-refractivity contribution in [2.75, 3.05) is 26.2 Å². The van der Waals surface area contributed by atoms with Crippen molar-refractivity contribution in [2.45, 2.75) is 42.4 Å². The standard InChI is InChI=1S/C16H23ClN2O4S2/c17-14-3-4-16(24-14)25(21,22)19-7-5-12(6-8-19)10-15(20)18-11-13-2-1-9-23-13/h3-4,12-13H,1-2,5-11H2,(H,18,20). The molecule has 1 unspecified atom stereocenters. The van der Waals surface area contributed by atoms with Crippen LogP contribution in [0, 0.1) is 5.92 Å². The molecule has 25 heavy (non-hydrogen) atoms. The van der Waals surface area contributed by atoms with Gasteiger partial charge in [0.05, 0.1) is 10.4 Å². The maximum atomic E-state index is 12.6. The van der Waals surface area contributed by atoms with E-state index in [4.69, 9.17) is 16.3 Å². The molecule has 2 aliphatic rings. The summed E-state index contributed by atoms with van der Waals surface area (Å²) in [5.74, 6) is 0.254. The van der Waals surface area contributed by atoms with Crippen molar-refractivity contribution >= 4 is 38.9 Å². The summed E-state index contributed by atoms with van der Waals surface area (Å²) in [7, 11) is -3.46. The monoisotopic (exact) mass is 406 g/mol. The van der Waals surface area contributed by atoms with Gasteiger partial charge in [0.2, 0.25) is 5.91 Å². The van der Waals surface area contributed by atoms with Gasteiger partial charge >= 0.3 is 0 Å². The Morgan fingerprint density at radius 3 is 2.68 bits per heavy atom. The van der Waals surface area contributed by atoms with Gasteiger partial charge in [-0.05, 0) is 43.7 Å². The molecule has 1 aromatic rings. The molecule has 140 valence electrons. The topological polar surface area (TPSA) is 75.7 Å². The van der Waals surface area contributed by atoms with E-state index in [9.17, 15) is 13.2 Å².